The van der Waals surface area contributed by atoms with Crippen molar-refractivity contribution < 1.29 is 14.3 Å². The highest BCUT2D eigenvalue weighted by molar-refractivity contribution is 5.81. The van der Waals surface area contributed by atoms with E-state index in [1.165, 1.54) is 5.56 Å². The molecule has 2 fully saturated rings. The Balaban J connectivity index is 2.03. The van der Waals surface area contributed by atoms with Gasteiger partial charge in [0, 0.05) is 24.3 Å². The van der Waals surface area contributed by atoms with Crippen molar-refractivity contribution >= 4 is 5.78 Å². The number of nitrogens with zero attached hydrogens (tertiary/aromatic N) is 1. The minimum atomic E-state index is 0.0855. The first kappa shape index (κ1) is 14.4. The number of hydrogen-bond donors (Lipinski definition) is 0. The predicted octanol–water partition coefficient (Wildman–Crippen LogP) is 2.40. The van der Waals surface area contributed by atoms with E-state index in [4.69, 9.17) is 9.47 Å². The Hall–Kier alpha value is -1.55. The number of ketones is 1. The van der Waals surface area contributed by atoms with Gasteiger partial charge in [-0.2, -0.15) is 0 Å². The third kappa shape index (κ3) is 2.22. The molecule has 1 aliphatic heterocycles. The Morgan fingerprint density at radius 3 is 2.67 bits per heavy atom. The van der Waals surface area contributed by atoms with Gasteiger partial charge in [0.2, 0.25) is 0 Å². The lowest BCUT2D eigenvalue weighted by molar-refractivity contribution is -0.122. The van der Waals surface area contributed by atoms with Crippen LogP contribution >= 0.6 is 0 Å². The van der Waals surface area contributed by atoms with Crippen LogP contribution in [0.3, 0.4) is 0 Å². The molecule has 2 atom stereocenters. The summed E-state index contributed by atoms with van der Waals surface area (Å²) in [6, 6.07) is 6.54. The number of likely N-dealkylation sites (N-methyl/N-ethyl adjacent to an activating group) is 1. The zero-order valence-corrected chi connectivity index (χ0v) is 13.0. The summed E-state index contributed by atoms with van der Waals surface area (Å²) in [5.41, 5.74) is 1.37. The monoisotopic (exact) mass is 289 g/mol. The van der Waals surface area contributed by atoms with Crippen LogP contribution in [0.25, 0.3) is 0 Å². The van der Waals surface area contributed by atoms with Crippen LogP contribution in [-0.4, -0.2) is 44.5 Å². The third-order valence-corrected chi connectivity index (χ3v) is 5.31. The molecule has 0 spiro atoms. The number of ether oxygens (including phenoxy) is 2. The number of carbonyl (C=O) groups excluding carboxylic acids is 1. The number of Topliss-reactive ketones (excluding diaryl/α,β-unsaturated/α-hetero) is 1. The number of methoxy groups -OCH3 is 2. The molecule has 3 rings (SSSR count). The standard InChI is InChI=1S/C17H23NO3/c1-18-9-8-17(7-6-13(19)11-16(17)18)12-4-5-14(20-2)15(10-12)21-3/h4-5,10,16H,6-9,11H2,1-3H3/t16?,17-/m1/s1. The normalized spacial score (nSPS) is 29.3. The van der Waals surface area contributed by atoms with Gasteiger partial charge in [-0.05, 0) is 44.1 Å². The number of likely N-dealkylation sites (tertiary alicyclic amines) is 1. The summed E-state index contributed by atoms with van der Waals surface area (Å²) >= 11 is 0. The maximum Gasteiger partial charge on any atom is 0.161 e. The quantitative estimate of drug-likeness (QED) is 0.856. The number of fused-ring (bicyclic) bond motifs is 1. The molecular weight excluding hydrogens is 266 g/mol. The highest BCUT2D eigenvalue weighted by atomic mass is 16.5. The van der Waals surface area contributed by atoms with E-state index in [0.717, 1.165) is 30.9 Å². The second-order valence-electron chi connectivity index (χ2n) is 6.22. The van der Waals surface area contributed by atoms with Crippen LogP contribution < -0.4 is 9.47 Å². The lowest BCUT2D eigenvalue weighted by Gasteiger charge is -2.41. The van der Waals surface area contributed by atoms with Crippen LogP contribution in [0.15, 0.2) is 18.2 Å². The molecular formula is C17H23NO3. The van der Waals surface area contributed by atoms with Crippen molar-refractivity contribution in [3.05, 3.63) is 23.8 Å². The second kappa shape index (κ2) is 5.34. The minimum Gasteiger partial charge on any atom is -0.493 e. The molecule has 1 heterocycles. The van der Waals surface area contributed by atoms with Crippen LogP contribution in [0.4, 0.5) is 0 Å². The third-order valence-electron chi connectivity index (χ3n) is 5.31. The number of hydrogen-bond acceptors (Lipinski definition) is 4. The van der Waals surface area contributed by atoms with Crippen molar-refractivity contribution in [2.24, 2.45) is 0 Å². The Morgan fingerprint density at radius 1 is 1.19 bits per heavy atom. The first-order valence-corrected chi connectivity index (χ1v) is 7.55. The predicted molar refractivity (Wildman–Crippen MR) is 81.1 cm³/mol. The topological polar surface area (TPSA) is 38.8 Å². The zero-order valence-electron chi connectivity index (χ0n) is 13.0. The summed E-state index contributed by atoms with van der Waals surface area (Å²) in [7, 11) is 5.45. The minimum absolute atomic E-state index is 0.0855. The summed E-state index contributed by atoms with van der Waals surface area (Å²) in [6.45, 7) is 1.05. The first-order valence-electron chi connectivity index (χ1n) is 7.55. The zero-order chi connectivity index (χ0) is 15.0. The first-order chi connectivity index (χ1) is 10.1. The van der Waals surface area contributed by atoms with E-state index in [2.05, 4.69) is 24.1 Å². The highest BCUT2D eigenvalue weighted by Gasteiger charge is 2.50. The van der Waals surface area contributed by atoms with E-state index < -0.39 is 0 Å². The smallest absolute Gasteiger partial charge is 0.161 e. The summed E-state index contributed by atoms with van der Waals surface area (Å²) in [4.78, 5) is 14.2. The molecule has 4 nitrogen and oxygen atoms in total. The molecule has 2 aliphatic rings. The van der Waals surface area contributed by atoms with Crippen molar-refractivity contribution in [2.45, 2.75) is 37.1 Å². The molecule has 0 amide bonds. The molecule has 1 saturated carbocycles. The molecule has 1 aromatic rings. The van der Waals surface area contributed by atoms with Crippen molar-refractivity contribution in [1.82, 2.24) is 4.90 Å². The fourth-order valence-electron chi connectivity index (χ4n) is 4.07. The van der Waals surface area contributed by atoms with E-state index in [1.54, 1.807) is 14.2 Å². The van der Waals surface area contributed by atoms with Gasteiger partial charge in [-0.3, -0.25) is 4.79 Å². The Bertz CT molecular complexity index is 557. The Labute approximate surface area is 126 Å². The van der Waals surface area contributed by atoms with Crippen LogP contribution in [0.5, 0.6) is 11.5 Å². The molecule has 114 valence electrons. The molecule has 0 radical (unpaired) electrons. The Morgan fingerprint density at radius 2 is 1.95 bits per heavy atom. The SMILES string of the molecule is COc1ccc([C@]23CCC(=O)CC2N(C)CC3)cc1OC. The summed E-state index contributed by atoms with van der Waals surface area (Å²) in [5.74, 6) is 1.92. The maximum absolute atomic E-state index is 11.9. The van der Waals surface area contributed by atoms with Crippen LogP contribution in [0.1, 0.15) is 31.2 Å². The number of carbonyl (C=O) groups is 1. The van der Waals surface area contributed by atoms with Gasteiger partial charge in [-0.15, -0.1) is 0 Å². The van der Waals surface area contributed by atoms with Gasteiger partial charge in [0.1, 0.15) is 5.78 Å². The van der Waals surface area contributed by atoms with Gasteiger partial charge in [-0.25, -0.2) is 0 Å². The number of benzene rings is 1. The fraction of sp³-hybridized carbons (Fsp3) is 0.588. The van der Waals surface area contributed by atoms with Gasteiger partial charge in [-0.1, -0.05) is 6.07 Å². The molecule has 1 unspecified atom stereocenters. The van der Waals surface area contributed by atoms with Crippen LogP contribution in [0, 0.1) is 0 Å². The lowest BCUT2D eigenvalue weighted by Crippen LogP contribution is -2.46. The molecule has 4 heteroatoms. The van der Waals surface area contributed by atoms with Gasteiger partial charge in [0.05, 0.1) is 14.2 Å². The van der Waals surface area contributed by atoms with E-state index in [0.29, 0.717) is 24.7 Å². The van der Waals surface area contributed by atoms with Crippen molar-refractivity contribution in [1.29, 1.82) is 0 Å². The summed E-state index contributed by atoms with van der Waals surface area (Å²) in [5, 5.41) is 0. The van der Waals surface area contributed by atoms with Crippen LogP contribution in [0.2, 0.25) is 0 Å². The van der Waals surface area contributed by atoms with Gasteiger partial charge < -0.3 is 14.4 Å². The molecule has 0 bridgehead atoms. The fourth-order valence-corrected chi connectivity index (χ4v) is 4.07. The molecule has 1 saturated heterocycles. The molecule has 1 aromatic carbocycles. The van der Waals surface area contributed by atoms with E-state index in [9.17, 15) is 4.79 Å². The second-order valence-corrected chi connectivity index (χ2v) is 6.22. The van der Waals surface area contributed by atoms with Gasteiger partial charge in [0.15, 0.2) is 11.5 Å². The average Bonchev–Trinajstić information content (AvgIpc) is 2.85. The molecule has 0 aromatic heterocycles. The average molecular weight is 289 g/mol. The maximum atomic E-state index is 11.9. The van der Waals surface area contributed by atoms with Gasteiger partial charge >= 0.3 is 0 Å². The van der Waals surface area contributed by atoms with E-state index >= 15 is 0 Å². The summed E-state index contributed by atoms with van der Waals surface area (Å²) < 4.78 is 10.8. The number of rotatable bonds is 3. The summed E-state index contributed by atoms with van der Waals surface area (Å²) in [6.07, 6.45) is 3.41. The molecule has 21 heavy (non-hydrogen) atoms. The molecule has 0 N–H and O–H groups in total. The van der Waals surface area contributed by atoms with E-state index in [-0.39, 0.29) is 5.41 Å². The van der Waals surface area contributed by atoms with Crippen molar-refractivity contribution in [3.63, 3.8) is 0 Å². The lowest BCUT2D eigenvalue weighted by atomic mass is 9.66. The van der Waals surface area contributed by atoms with Gasteiger partial charge in [0.25, 0.3) is 0 Å². The largest absolute Gasteiger partial charge is 0.493 e. The highest BCUT2D eigenvalue weighted by Crippen LogP contribution is 2.48. The van der Waals surface area contributed by atoms with Crippen molar-refractivity contribution in [3.8, 4) is 11.5 Å². The van der Waals surface area contributed by atoms with E-state index in [1.807, 2.05) is 6.07 Å². The molecule has 1 aliphatic carbocycles. The van der Waals surface area contributed by atoms with Crippen molar-refractivity contribution in [2.75, 3.05) is 27.8 Å². The van der Waals surface area contributed by atoms with Crippen LogP contribution in [-0.2, 0) is 10.2 Å². The Kier molecular flexibility index (Phi) is 3.66.